The number of hydrogen-bond donors (Lipinski definition) is 1. The molecule has 24 heavy (non-hydrogen) atoms. The highest BCUT2D eigenvalue weighted by molar-refractivity contribution is 5.82. The molecule has 0 spiro atoms. The zero-order valence-electron chi connectivity index (χ0n) is 15.1. The molecule has 6 nitrogen and oxygen atoms in total. The van der Waals surface area contributed by atoms with Gasteiger partial charge >= 0.3 is 0 Å². The number of hydrogen-bond acceptors (Lipinski definition) is 4. The number of aromatic nitrogens is 2. The molecule has 1 aromatic heterocycles. The van der Waals surface area contributed by atoms with Crippen molar-refractivity contribution >= 4 is 5.91 Å². The fourth-order valence-electron chi connectivity index (χ4n) is 4.32. The Hall–Kier alpha value is -1.40. The standard InChI is InChI=1S/C18H30N4O2/c1-21(2)17(23)18(8-4-5-9-18)13-19-12-14-7-11-24-16(14)15-6-10-20-22(15)3/h6,10,14,16,19H,4-5,7-9,11-13H2,1-3H3/t14-,16+/m0/s1. The molecule has 2 heterocycles. The topological polar surface area (TPSA) is 59.4 Å². The average Bonchev–Trinajstić information content (AvgIpc) is 3.27. The Labute approximate surface area is 144 Å². The van der Waals surface area contributed by atoms with Gasteiger partial charge in [0.05, 0.1) is 11.1 Å². The summed E-state index contributed by atoms with van der Waals surface area (Å²) in [5.74, 6) is 0.715. The second-order valence-electron chi connectivity index (χ2n) is 7.54. The summed E-state index contributed by atoms with van der Waals surface area (Å²) in [6.45, 7) is 2.46. The van der Waals surface area contributed by atoms with Gasteiger partial charge in [-0.3, -0.25) is 9.48 Å². The van der Waals surface area contributed by atoms with Crippen LogP contribution in [0.1, 0.15) is 43.9 Å². The molecule has 1 aliphatic heterocycles. The summed E-state index contributed by atoms with van der Waals surface area (Å²) < 4.78 is 7.85. The van der Waals surface area contributed by atoms with Crippen molar-refractivity contribution in [3.05, 3.63) is 18.0 Å². The van der Waals surface area contributed by atoms with E-state index in [1.54, 1.807) is 4.90 Å². The normalized spacial score (nSPS) is 26.0. The van der Waals surface area contributed by atoms with Crippen LogP contribution in [0.3, 0.4) is 0 Å². The third-order valence-electron chi connectivity index (χ3n) is 5.65. The molecular weight excluding hydrogens is 304 g/mol. The van der Waals surface area contributed by atoms with Gasteiger partial charge in [-0.15, -0.1) is 0 Å². The van der Waals surface area contributed by atoms with Gasteiger partial charge in [0.2, 0.25) is 5.91 Å². The van der Waals surface area contributed by atoms with E-state index in [4.69, 9.17) is 4.74 Å². The minimum atomic E-state index is -0.203. The number of amides is 1. The molecule has 0 radical (unpaired) electrons. The average molecular weight is 334 g/mol. The van der Waals surface area contributed by atoms with Crippen molar-refractivity contribution in [2.24, 2.45) is 18.4 Å². The molecule has 0 unspecified atom stereocenters. The van der Waals surface area contributed by atoms with Crippen LogP contribution in [0.2, 0.25) is 0 Å². The predicted molar refractivity (Wildman–Crippen MR) is 92.5 cm³/mol. The lowest BCUT2D eigenvalue weighted by molar-refractivity contribution is -0.139. The van der Waals surface area contributed by atoms with Gasteiger partial charge in [0.15, 0.2) is 0 Å². The summed E-state index contributed by atoms with van der Waals surface area (Å²) in [4.78, 5) is 14.4. The van der Waals surface area contributed by atoms with E-state index in [1.165, 1.54) is 0 Å². The van der Waals surface area contributed by atoms with Gasteiger partial charge in [0, 0.05) is 53.0 Å². The van der Waals surface area contributed by atoms with E-state index >= 15 is 0 Å². The summed E-state index contributed by atoms with van der Waals surface area (Å²) in [7, 11) is 5.70. The van der Waals surface area contributed by atoms with Crippen LogP contribution >= 0.6 is 0 Å². The van der Waals surface area contributed by atoms with Gasteiger partial charge in [-0.2, -0.15) is 5.10 Å². The molecule has 1 saturated heterocycles. The molecule has 1 saturated carbocycles. The highest BCUT2D eigenvalue weighted by Gasteiger charge is 2.42. The van der Waals surface area contributed by atoms with Crippen LogP contribution < -0.4 is 5.32 Å². The fraction of sp³-hybridized carbons (Fsp3) is 0.778. The maximum Gasteiger partial charge on any atom is 0.229 e. The predicted octanol–water partition coefficient (Wildman–Crippen LogP) is 1.74. The largest absolute Gasteiger partial charge is 0.372 e. The van der Waals surface area contributed by atoms with Crippen LogP contribution in [0.4, 0.5) is 0 Å². The SMILES string of the molecule is CN(C)C(=O)C1(CNC[C@@H]2CCO[C@H]2c2ccnn2C)CCCC1. The summed E-state index contributed by atoms with van der Waals surface area (Å²) in [5.41, 5.74) is 0.935. The van der Waals surface area contributed by atoms with E-state index < -0.39 is 0 Å². The number of carbonyl (C=O) groups is 1. The van der Waals surface area contributed by atoms with E-state index in [9.17, 15) is 4.79 Å². The zero-order valence-corrected chi connectivity index (χ0v) is 15.1. The van der Waals surface area contributed by atoms with Crippen molar-refractivity contribution < 1.29 is 9.53 Å². The Morgan fingerprint density at radius 3 is 2.83 bits per heavy atom. The molecule has 0 aromatic carbocycles. The molecule has 1 amide bonds. The molecule has 1 aliphatic carbocycles. The molecule has 6 heteroatoms. The molecule has 2 atom stereocenters. The highest BCUT2D eigenvalue weighted by atomic mass is 16.5. The van der Waals surface area contributed by atoms with Gasteiger partial charge < -0.3 is 15.0 Å². The van der Waals surface area contributed by atoms with Crippen molar-refractivity contribution in [2.45, 2.75) is 38.2 Å². The second kappa shape index (κ2) is 7.23. The Morgan fingerprint density at radius 2 is 2.21 bits per heavy atom. The molecule has 134 valence electrons. The summed E-state index contributed by atoms with van der Waals surface area (Å²) in [6, 6.07) is 2.04. The van der Waals surface area contributed by atoms with E-state index in [1.807, 2.05) is 38.1 Å². The van der Waals surface area contributed by atoms with Crippen LogP contribution in [0.25, 0.3) is 0 Å². The molecular formula is C18H30N4O2. The van der Waals surface area contributed by atoms with Gasteiger partial charge in [-0.25, -0.2) is 0 Å². The first-order valence-electron chi connectivity index (χ1n) is 9.05. The molecule has 0 bridgehead atoms. The van der Waals surface area contributed by atoms with Crippen molar-refractivity contribution in [3.8, 4) is 0 Å². The Balaban J connectivity index is 1.59. The maximum atomic E-state index is 12.6. The molecule has 1 aromatic rings. The number of aryl methyl sites for hydroxylation is 1. The van der Waals surface area contributed by atoms with Gasteiger partial charge in [0.1, 0.15) is 6.10 Å². The molecule has 3 rings (SSSR count). The van der Waals surface area contributed by atoms with Crippen LogP contribution in [0.15, 0.2) is 12.3 Å². The lowest BCUT2D eigenvalue weighted by Crippen LogP contribution is -2.46. The van der Waals surface area contributed by atoms with E-state index in [0.717, 1.165) is 57.5 Å². The first kappa shape index (κ1) is 17.4. The summed E-state index contributed by atoms with van der Waals surface area (Å²) in [6.07, 6.45) is 7.31. The van der Waals surface area contributed by atoms with Crippen molar-refractivity contribution in [3.63, 3.8) is 0 Å². The van der Waals surface area contributed by atoms with Crippen LogP contribution in [0, 0.1) is 11.3 Å². The van der Waals surface area contributed by atoms with Gasteiger partial charge in [-0.1, -0.05) is 12.8 Å². The molecule has 2 fully saturated rings. The number of nitrogens with zero attached hydrogens (tertiary/aromatic N) is 3. The van der Waals surface area contributed by atoms with Crippen molar-refractivity contribution in [1.82, 2.24) is 20.0 Å². The van der Waals surface area contributed by atoms with Gasteiger partial charge in [0.25, 0.3) is 0 Å². The zero-order chi connectivity index (χ0) is 17.2. The third kappa shape index (κ3) is 3.35. The van der Waals surface area contributed by atoms with Crippen LogP contribution in [-0.4, -0.2) is 54.4 Å². The number of ether oxygens (including phenoxy) is 1. The van der Waals surface area contributed by atoms with Crippen LogP contribution in [-0.2, 0) is 16.6 Å². The quantitative estimate of drug-likeness (QED) is 0.861. The molecule has 1 N–H and O–H groups in total. The summed E-state index contributed by atoms with van der Waals surface area (Å²) >= 11 is 0. The maximum absolute atomic E-state index is 12.6. The first-order valence-corrected chi connectivity index (χ1v) is 9.05. The lowest BCUT2D eigenvalue weighted by atomic mass is 9.84. The lowest BCUT2D eigenvalue weighted by Gasteiger charge is -2.31. The Morgan fingerprint density at radius 1 is 1.46 bits per heavy atom. The van der Waals surface area contributed by atoms with E-state index in [0.29, 0.717) is 5.92 Å². The van der Waals surface area contributed by atoms with Gasteiger partial charge in [-0.05, 0) is 25.3 Å². The smallest absolute Gasteiger partial charge is 0.229 e. The van der Waals surface area contributed by atoms with E-state index in [-0.39, 0.29) is 17.4 Å². The number of carbonyl (C=O) groups excluding carboxylic acids is 1. The summed E-state index contributed by atoms with van der Waals surface area (Å²) in [5, 5.41) is 7.86. The van der Waals surface area contributed by atoms with E-state index in [2.05, 4.69) is 10.4 Å². The second-order valence-corrected chi connectivity index (χ2v) is 7.54. The minimum Gasteiger partial charge on any atom is -0.372 e. The minimum absolute atomic E-state index is 0.106. The Kier molecular flexibility index (Phi) is 5.25. The van der Waals surface area contributed by atoms with Crippen molar-refractivity contribution in [2.75, 3.05) is 33.8 Å². The first-order chi connectivity index (χ1) is 11.5. The van der Waals surface area contributed by atoms with Crippen LogP contribution in [0.5, 0.6) is 0 Å². The highest BCUT2D eigenvalue weighted by Crippen LogP contribution is 2.39. The fourth-order valence-corrected chi connectivity index (χ4v) is 4.32. The number of rotatable bonds is 6. The monoisotopic (exact) mass is 334 g/mol. The molecule has 2 aliphatic rings. The Bertz CT molecular complexity index is 563. The van der Waals surface area contributed by atoms with Crippen molar-refractivity contribution in [1.29, 1.82) is 0 Å². The third-order valence-corrected chi connectivity index (χ3v) is 5.65. The number of nitrogens with one attached hydrogen (secondary N) is 1.